The van der Waals surface area contributed by atoms with Gasteiger partial charge in [0.15, 0.2) is 0 Å². The van der Waals surface area contributed by atoms with Gasteiger partial charge in [-0.2, -0.15) is 0 Å². The SMILES string of the molecule is COc1ccc(C)cc1C(C)Nc1cnns1. The van der Waals surface area contributed by atoms with Crippen molar-refractivity contribution in [1.29, 1.82) is 0 Å². The third-order valence-electron chi connectivity index (χ3n) is 2.57. The molecule has 5 heteroatoms. The zero-order valence-electron chi connectivity index (χ0n) is 10.1. The Balaban J connectivity index is 2.23. The van der Waals surface area contributed by atoms with Gasteiger partial charge in [-0.1, -0.05) is 22.2 Å². The summed E-state index contributed by atoms with van der Waals surface area (Å²) in [6.07, 6.45) is 1.73. The van der Waals surface area contributed by atoms with Gasteiger partial charge in [0.2, 0.25) is 0 Å². The summed E-state index contributed by atoms with van der Waals surface area (Å²) in [6.45, 7) is 4.17. The number of methoxy groups -OCH3 is 1. The zero-order valence-corrected chi connectivity index (χ0v) is 10.9. The van der Waals surface area contributed by atoms with E-state index >= 15 is 0 Å². The number of hydrogen-bond donors (Lipinski definition) is 1. The molecule has 1 N–H and O–H groups in total. The Morgan fingerprint density at radius 2 is 2.24 bits per heavy atom. The number of nitrogens with one attached hydrogen (secondary N) is 1. The van der Waals surface area contributed by atoms with Crippen LogP contribution in [0.25, 0.3) is 0 Å². The molecule has 1 aromatic heterocycles. The van der Waals surface area contributed by atoms with Crippen LogP contribution in [0.2, 0.25) is 0 Å². The topological polar surface area (TPSA) is 47.0 Å². The van der Waals surface area contributed by atoms with E-state index in [-0.39, 0.29) is 6.04 Å². The molecule has 0 spiro atoms. The summed E-state index contributed by atoms with van der Waals surface area (Å²) in [6, 6.07) is 6.33. The molecular weight excluding hydrogens is 234 g/mol. The van der Waals surface area contributed by atoms with Crippen LogP contribution in [0.4, 0.5) is 5.00 Å². The number of rotatable bonds is 4. The number of anilines is 1. The largest absolute Gasteiger partial charge is 0.496 e. The van der Waals surface area contributed by atoms with Gasteiger partial charge in [-0.25, -0.2) is 0 Å². The average molecular weight is 249 g/mol. The Kier molecular flexibility index (Phi) is 3.58. The van der Waals surface area contributed by atoms with Crippen LogP contribution in [-0.4, -0.2) is 16.7 Å². The minimum atomic E-state index is 0.159. The van der Waals surface area contributed by atoms with Crippen molar-refractivity contribution in [2.45, 2.75) is 19.9 Å². The lowest BCUT2D eigenvalue weighted by Crippen LogP contribution is -2.07. The van der Waals surface area contributed by atoms with E-state index in [0.29, 0.717) is 0 Å². The van der Waals surface area contributed by atoms with Crippen LogP contribution in [0.15, 0.2) is 24.4 Å². The van der Waals surface area contributed by atoms with Gasteiger partial charge in [0.1, 0.15) is 10.8 Å². The van der Waals surface area contributed by atoms with Gasteiger partial charge in [0.05, 0.1) is 19.3 Å². The van der Waals surface area contributed by atoms with Gasteiger partial charge in [-0.05, 0) is 19.9 Å². The third-order valence-corrected chi connectivity index (χ3v) is 3.17. The summed E-state index contributed by atoms with van der Waals surface area (Å²) in [4.78, 5) is 0. The standard InChI is InChI=1S/C12H15N3OS/c1-8-4-5-11(16-3)10(6-8)9(2)14-12-7-13-15-17-12/h4-7,9,14H,1-3H3. The Labute approximate surface area is 105 Å². The first-order chi connectivity index (χ1) is 8.20. The molecule has 2 rings (SSSR count). The average Bonchev–Trinajstić information content (AvgIpc) is 2.81. The van der Waals surface area contributed by atoms with Gasteiger partial charge in [-0.15, -0.1) is 5.10 Å². The smallest absolute Gasteiger partial charge is 0.130 e. The van der Waals surface area contributed by atoms with E-state index in [1.165, 1.54) is 17.1 Å². The van der Waals surface area contributed by atoms with Gasteiger partial charge in [-0.3, -0.25) is 0 Å². The van der Waals surface area contributed by atoms with Crippen LogP contribution in [-0.2, 0) is 0 Å². The minimum Gasteiger partial charge on any atom is -0.496 e. The number of aromatic nitrogens is 2. The van der Waals surface area contributed by atoms with Crippen LogP contribution in [0.3, 0.4) is 0 Å². The Morgan fingerprint density at radius 3 is 2.88 bits per heavy atom. The molecule has 1 heterocycles. The highest BCUT2D eigenvalue weighted by atomic mass is 32.1. The Hall–Kier alpha value is -1.62. The lowest BCUT2D eigenvalue weighted by atomic mass is 10.0. The molecule has 17 heavy (non-hydrogen) atoms. The van der Waals surface area contributed by atoms with E-state index in [2.05, 4.69) is 34.8 Å². The Morgan fingerprint density at radius 1 is 1.41 bits per heavy atom. The van der Waals surface area contributed by atoms with Crippen LogP contribution < -0.4 is 10.1 Å². The first kappa shape index (κ1) is 11.9. The summed E-state index contributed by atoms with van der Waals surface area (Å²) < 4.78 is 9.20. The molecule has 0 radical (unpaired) electrons. The van der Waals surface area contributed by atoms with Gasteiger partial charge < -0.3 is 10.1 Å². The molecule has 0 amide bonds. The molecule has 0 aliphatic rings. The van der Waals surface area contributed by atoms with Crippen molar-refractivity contribution >= 4 is 16.5 Å². The highest BCUT2D eigenvalue weighted by Crippen LogP contribution is 2.29. The van der Waals surface area contributed by atoms with E-state index in [1.807, 2.05) is 12.1 Å². The number of aryl methyl sites for hydroxylation is 1. The predicted molar refractivity (Wildman–Crippen MR) is 69.7 cm³/mol. The molecular formula is C12H15N3OS. The lowest BCUT2D eigenvalue weighted by molar-refractivity contribution is 0.408. The second-order valence-electron chi connectivity index (χ2n) is 3.89. The Bertz CT molecular complexity index is 485. The first-order valence-electron chi connectivity index (χ1n) is 5.39. The van der Waals surface area contributed by atoms with E-state index in [0.717, 1.165) is 16.3 Å². The molecule has 0 aliphatic carbocycles. The molecule has 90 valence electrons. The first-order valence-corrected chi connectivity index (χ1v) is 6.16. The van der Waals surface area contributed by atoms with E-state index in [1.54, 1.807) is 13.3 Å². The van der Waals surface area contributed by atoms with Crippen LogP contribution in [0.5, 0.6) is 5.75 Å². The van der Waals surface area contributed by atoms with Crippen molar-refractivity contribution < 1.29 is 4.74 Å². The predicted octanol–water partition coefficient (Wildman–Crippen LogP) is 3.03. The number of benzene rings is 1. The van der Waals surface area contributed by atoms with Crippen molar-refractivity contribution in [2.75, 3.05) is 12.4 Å². The van der Waals surface area contributed by atoms with Crippen molar-refractivity contribution in [3.63, 3.8) is 0 Å². The maximum atomic E-state index is 5.37. The fourth-order valence-corrected chi connectivity index (χ4v) is 2.22. The second-order valence-corrected chi connectivity index (χ2v) is 4.68. The molecule has 0 bridgehead atoms. The normalized spacial score (nSPS) is 12.2. The van der Waals surface area contributed by atoms with Crippen molar-refractivity contribution in [3.8, 4) is 5.75 Å². The quantitative estimate of drug-likeness (QED) is 0.904. The maximum Gasteiger partial charge on any atom is 0.130 e. The van der Waals surface area contributed by atoms with E-state index in [4.69, 9.17) is 4.74 Å². The number of hydrogen-bond acceptors (Lipinski definition) is 5. The lowest BCUT2D eigenvalue weighted by Gasteiger charge is -2.17. The van der Waals surface area contributed by atoms with Gasteiger partial charge >= 0.3 is 0 Å². The maximum absolute atomic E-state index is 5.37. The van der Waals surface area contributed by atoms with Gasteiger partial charge in [0.25, 0.3) is 0 Å². The molecule has 4 nitrogen and oxygen atoms in total. The van der Waals surface area contributed by atoms with Crippen LogP contribution >= 0.6 is 11.5 Å². The highest BCUT2D eigenvalue weighted by Gasteiger charge is 2.12. The van der Waals surface area contributed by atoms with Gasteiger partial charge in [0, 0.05) is 17.1 Å². The summed E-state index contributed by atoms with van der Waals surface area (Å²) in [5.74, 6) is 0.896. The van der Waals surface area contributed by atoms with Crippen molar-refractivity contribution in [3.05, 3.63) is 35.5 Å². The summed E-state index contributed by atoms with van der Waals surface area (Å²) in [5, 5.41) is 8.12. The molecule has 0 aliphatic heterocycles. The molecule has 1 unspecified atom stereocenters. The van der Waals surface area contributed by atoms with Crippen molar-refractivity contribution in [1.82, 2.24) is 9.59 Å². The summed E-state index contributed by atoms with van der Waals surface area (Å²) in [5.41, 5.74) is 2.36. The highest BCUT2D eigenvalue weighted by molar-refractivity contribution is 7.09. The van der Waals surface area contributed by atoms with Crippen LogP contribution in [0, 0.1) is 6.92 Å². The fourth-order valence-electron chi connectivity index (χ4n) is 1.71. The number of ether oxygens (including phenoxy) is 1. The van der Waals surface area contributed by atoms with Crippen molar-refractivity contribution in [2.24, 2.45) is 0 Å². The molecule has 0 saturated heterocycles. The number of nitrogens with zero attached hydrogens (tertiary/aromatic N) is 2. The summed E-state index contributed by atoms with van der Waals surface area (Å²) >= 11 is 1.35. The molecule has 1 aromatic carbocycles. The molecule has 1 atom stereocenters. The molecule has 2 aromatic rings. The molecule has 0 fully saturated rings. The monoisotopic (exact) mass is 249 g/mol. The summed E-state index contributed by atoms with van der Waals surface area (Å²) in [7, 11) is 1.69. The van der Waals surface area contributed by atoms with E-state index in [9.17, 15) is 0 Å². The fraction of sp³-hybridized carbons (Fsp3) is 0.333. The minimum absolute atomic E-state index is 0.159. The van der Waals surface area contributed by atoms with Crippen LogP contribution in [0.1, 0.15) is 24.1 Å². The zero-order chi connectivity index (χ0) is 12.3. The molecule has 0 saturated carbocycles. The third kappa shape index (κ3) is 2.74. The van der Waals surface area contributed by atoms with E-state index < -0.39 is 0 Å². The second kappa shape index (κ2) is 5.14.